The van der Waals surface area contributed by atoms with Gasteiger partial charge >= 0.3 is 0 Å². The third-order valence-corrected chi connectivity index (χ3v) is 0.967. The molecule has 0 saturated carbocycles. The minimum Gasteiger partial charge on any atom is -0.320 e. The molecule has 8 heavy (non-hydrogen) atoms. The molecule has 1 radical (unpaired) electrons. The van der Waals surface area contributed by atoms with Crippen LogP contribution in [0, 0.1) is 7.05 Å². The average molecular weight is 115 g/mol. The van der Waals surface area contributed by atoms with Crippen LogP contribution < -0.4 is 5.32 Å². The second kappa shape index (κ2) is 5.06. The van der Waals surface area contributed by atoms with Crippen molar-refractivity contribution in [1.29, 1.82) is 0 Å². The van der Waals surface area contributed by atoms with Gasteiger partial charge in [0.05, 0.1) is 0 Å². The fourth-order valence-electron chi connectivity index (χ4n) is 0.526. The first kappa shape index (κ1) is 7.92. The molecule has 0 aliphatic heterocycles. The Kier molecular flexibility index (Phi) is 5.01. The number of hydrogen-bond acceptors (Lipinski definition) is 2. The summed E-state index contributed by atoms with van der Waals surface area (Å²) in [6, 6.07) is 0. The Hall–Kier alpha value is -0.0800. The van der Waals surface area contributed by atoms with Gasteiger partial charge in [-0.05, 0) is 33.6 Å². The first-order valence-electron chi connectivity index (χ1n) is 2.93. The fourth-order valence-corrected chi connectivity index (χ4v) is 0.526. The Labute approximate surface area is 51.9 Å². The van der Waals surface area contributed by atoms with E-state index >= 15 is 0 Å². The zero-order chi connectivity index (χ0) is 6.41. The quantitative estimate of drug-likeness (QED) is 0.531. The van der Waals surface area contributed by atoms with Gasteiger partial charge in [0.15, 0.2) is 0 Å². The van der Waals surface area contributed by atoms with Crippen LogP contribution in [-0.2, 0) is 0 Å². The van der Waals surface area contributed by atoms with E-state index in [2.05, 4.69) is 12.4 Å². The fraction of sp³-hybridized carbons (Fsp3) is 0.833. The predicted molar refractivity (Wildman–Crippen MR) is 36.5 cm³/mol. The molecule has 0 heterocycles. The highest BCUT2D eigenvalue weighted by Crippen LogP contribution is 1.80. The number of nitrogens with one attached hydrogen (secondary N) is 1. The van der Waals surface area contributed by atoms with Crippen molar-refractivity contribution in [2.45, 2.75) is 6.42 Å². The lowest BCUT2D eigenvalue weighted by atomic mass is 10.4. The molecule has 0 amide bonds. The highest BCUT2D eigenvalue weighted by Gasteiger charge is 1.86. The second-order valence-electron chi connectivity index (χ2n) is 2.04. The van der Waals surface area contributed by atoms with Crippen LogP contribution in [0.1, 0.15) is 6.42 Å². The molecular weight excluding hydrogens is 100 g/mol. The molecule has 1 N–H and O–H groups in total. The van der Waals surface area contributed by atoms with Gasteiger partial charge in [-0.3, -0.25) is 0 Å². The third kappa shape index (κ3) is 5.92. The smallest absolute Gasteiger partial charge is 0.0106 e. The first-order valence-corrected chi connectivity index (χ1v) is 2.93. The molecule has 2 nitrogen and oxygen atoms in total. The van der Waals surface area contributed by atoms with Gasteiger partial charge in [0, 0.05) is 7.05 Å². The van der Waals surface area contributed by atoms with E-state index in [-0.39, 0.29) is 0 Å². The summed E-state index contributed by atoms with van der Waals surface area (Å²) in [6.07, 6.45) is 1.18. The van der Waals surface area contributed by atoms with Gasteiger partial charge in [0.25, 0.3) is 0 Å². The average Bonchev–Trinajstić information content (AvgIpc) is 1.66. The summed E-state index contributed by atoms with van der Waals surface area (Å²) in [4.78, 5) is 1.94. The molecule has 0 aromatic rings. The van der Waals surface area contributed by atoms with Gasteiger partial charge in [-0.25, -0.2) is 0 Å². The van der Waals surface area contributed by atoms with Crippen molar-refractivity contribution in [3.05, 3.63) is 7.05 Å². The maximum Gasteiger partial charge on any atom is 0.0106 e. The van der Waals surface area contributed by atoms with Gasteiger partial charge in [0.1, 0.15) is 0 Å². The van der Waals surface area contributed by atoms with E-state index in [1.165, 1.54) is 6.42 Å². The van der Waals surface area contributed by atoms with E-state index in [9.17, 15) is 0 Å². The van der Waals surface area contributed by atoms with E-state index in [0.717, 1.165) is 13.1 Å². The van der Waals surface area contributed by atoms with Crippen molar-refractivity contribution in [3.8, 4) is 0 Å². The lowest BCUT2D eigenvalue weighted by Crippen LogP contribution is -2.16. The number of nitrogens with zero attached hydrogens (tertiary/aromatic N) is 1. The zero-order valence-corrected chi connectivity index (χ0v) is 5.78. The maximum atomic E-state index is 3.72. The summed E-state index contributed by atoms with van der Waals surface area (Å²) in [5, 5.41) is 3.07. The van der Waals surface area contributed by atoms with E-state index in [0.29, 0.717) is 0 Å². The molecule has 0 fully saturated rings. The summed E-state index contributed by atoms with van der Waals surface area (Å²) < 4.78 is 0. The molecule has 49 valence electrons. The van der Waals surface area contributed by atoms with Gasteiger partial charge in [0.2, 0.25) is 0 Å². The van der Waals surface area contributed by atoms with Crippen LogP contribution >= 0.6 is 0 Å². The molecule has 0 unspecified atom stereocenters. The molecule has 2 heteroatoms. The molecule has 0 spiro atoms. The SMILES string of the molecule is [CH2]N(C)CCCNC. The molecule has 0 rings (SSSR count). The highest BCUT2D eigenvalue weighted by atomic mass is 15.0. The van der Waals surface area contributed by atoms with Crippen molar-refractivity contribution >= 4 is 0 Å². The van der Waals surface area contributed by atoms with Crippen LogP contribution in [0.15, 0.2) is 0 Å². The molecule has 0 bridgehead atoms. The molecule has 0 atom stereocenters. The summed E-state index contributed by atoms with van der Waals surface area (Å²) in [5.74, 6) is 0. The van der Waals surface area contributed by atoms with Crippen LogP contribution in [0.25, 0.3) is 0 Å². The van der Waals surface area contributed by atoms with Crippen molar-refractivity contribution in [2.24, 2.45) is 0 Å². The lowest BCUT2D eigenvalue weighted by Gasteiger charge is -2.06. The summed E-state index contributed by atoms with van der Waals surface area (Å²) in [7, 11) is 7.66. The molecular formula is C6H15N2. The van der Waals surface area contributed by atoms with Crippen molar-refractivity contribution in [1.82, 2.24) is 10.2 Å². The van der Waals surface area contributed by atoms with Gasteiger partial charge in [-0.1, -0.05) is 0 Å². The number of hydrogen-bond donors (Lipinski definition) is 1. The predicted octanol–water partition coefficient (Wildman–Crippen LogP) is 0.319. The standard InChI is InChI=1S/C6H15N2/c1-7-5-4-6-8(2)3/h7H,2,4-6H2,1,3H3. The van der Waals surface area contributed by atoms with E-state index in [1.807, 2.05) is 19.0 Å². The van der Waals surface area contributed by atoms with E-state index in [1.54, 1.807) is 0 Å². The summed E-state index contributed by atoms with van der Waals surface area (Å²) >= 11 is 0. The van der Waals surface area contributed by atoms with Gasteiger partial charge in [-0.2, -0.15) is 0 Å². The number of rotatable bonds is 4. The van der Waals surface area contributed by atoms with Crippen molar-refractivity contribution in [2.75, 3.05) is 27.2 Å². The lowest BCUT2D eigenvalue weighted by molar-refractivity contribution is 0.435. The minimum atomic E-state index is 1.07. The Morgan fingerprint density at radius 3 is 2.62 bits per heavy atom. The van der Waals surface area contributed by atoms with Crippen LogP contribution in [0.3, 0.4) is 0 Å². The van der Waals surface area contributed by atoms with Gasteiger partial charge in [-0.15, -0.1) is 0 Å². The van der Waals surface area contributed by atoms with Crippen LogP contribution in [0.2, 0.25) is 0 Å². The Morgan fingerprint density at radius 2 is 2.25 bits per heavy atom. The monoisotopic (exact) mass is 115 g/mol. The first-order chi connectivity index (χ1) is 3.77. The van der Waals surface area contributed by atoms with E-state index in [4.69, 9.17) is 0 Å². The van der Waals surface area contributed by atoms with E-state index < -0.39 is 0 Å². The Balaban J connectivity index is 2.72. The van der Waals surface area contributed by atoms with Crippen LogP contribution in [0.4, 0.5) is 0 Å². The van der Waals surface area contributed by atoms with Crippen molar-refractivity contribution < 1.29 is 0 Å². The largest absolute Gasteiger partial charge is 0.320 e. The van der Waals surface area contributed by atoms with Crippen LogP contribution in [-0.4, -0.2) is 32.1 Å². The Morgan fingerprint density at radius 1 is 1.62 bits per heavy atom. The molecule has 0 aromatic heterocycles. The Bertz CT molecular complexity index is 43.8. The van der Waals surface area contributed by atoms with Crippen LogP contribution in [0.5, 0.6) is 0 Å². The topological polar surface area (TPSA) is 15.3 Å². The molecule has 0 aromatic carbocycles. The molecule has 0 aliphatic carbocycles. The maximum absolute atomic E-state index is 3.72. The molecule has 0 aliphatic rings. The zero-order valence-electron chi connectivity index (χ0n) is 5.78. The highest BCUT2D eigenvalue weighted by molar-refractivity contribution is 4.48. The normalized spacial score (nSPS) is 10.5. The molecule has 0 saturated heterocycles. The summed E-state index contributed by atoms with van der Waals surface area (Å²) in [5.41, 5.74) is 0. The van der Waals surface area contributed by atoms with Gasteiger partial charge < -0.3 is 10.2 Å². The van der Waals surface area contributed by atoms with Crippen molar-refractivity contribution in [3.63, 3.8) is 0 Å². The second-order valence-corrected chi connectivity index (χ2v) is 2.04. The minimum absolute atomic E-state index is 1.07. The third-order valence-electron chi connectivity index (χ3n) is 0.967. The summed E-state index contributed by atoms with van der Waals surface area (Å²) in [6.45, 7) is 2.15.